The second-order valence-corrected chi connectivity index (χ2v) is 8.89. The van der Waals surface area contributed by atoms with E-state index in [4.69, 9.17) is 21.5 Å². The summed E-state index contributed by atoms with van der Waals surface area (Å²) in [4.78, 5) is 15.0. The Morgan fingerprint density at radius 1 is 1.14 bits per heavy atom. The summed E-state index contributed by atoms with van der Waals surface area (Å²) in [6.07, 6.45) is 4.43. The maximum atomic E-state index is 12.2. The summed E-state index contributed by atoms with van der Waals surface area (Å²) >= 11 is 7.19. The molecule has 5 nitrogen and oxygen atoms in total. The van der Waals surface area contributed by atoms with E-state index in [9.17, 15) is 4.79 Å². The van der Waals surface area contributed by atoms with Crippen LogP contribution in [0.3, 0.4) is 0 Å². The number of ketones is 1. The highest BCUT2D eigenvalue weighted by Crippen LogP contribution is 2.24. The molecule has 0 unspecified atom stereocenters. The Balaban J connectivity index is 1.37. The summed E-state index contributed by atoms with van der Waals surface area (Å²) in [6, 6.07) is 13.2. The lowest BCUT2D eigenvalue weighted by molar-refractivity contribution is 0.0984. The van der Waals surface area contributed by atoms with Crippen molar-refractivity contribution >= 4 is 34.6 Å². The Bertz CT molecular complexity index is 1000. The van der Waals surface area contributed by atoms with Crippen molar-refractivity contribution in [3.63, 3.8) is 0 Å². The molecular weight excluding hydrogens is 406 g/mol. The Morgan fingerprint density at radius 2 is 1.90 bits per heavy atom. The third-order valence-corrected chi connectivity index (χ3v) is 6.40. The number of carbonyl (C=O) groups excluding carboxylic acids is 1. The smallest absolute Gasteiger partial charge is 0.173 e. The number of halogens is 1. The summed E-state index contributed by atoms with van der Waals surface area (Å²) in [5.74, 6) is 1.32. The Morgan fingerprint density at radius 3 is 2.59 bits per heavy atom. The van der Waals surface area contributed by atoms with Gasteiger partial charge in [-0.05, 0) is 31.4 Å². The molecule has 0 radical (unpaired) electrons. The molecule has 1 fully saturated rings. The van der Waals surface area contributed by atoms with Gasteiger partial charge < -0.3 is 9.42 Å². The number of rotatable bonds is 6. The van der Waals surface area contributed by atoms with Gasteiger partial charge >= 0.3 is 0 Å². The number of benzene rings is 1. The van der Waals surface area contributed by atoms with Crippen LogP contribution in [-0.2, 0) is 6.42 Å². The van der Waals surface area contributed by atoms with Crippen molar-refractivity contribution in [3.8, 4) is 11.3 Å². The quantitative estimate of drug-likeness (QED) is 0.312. The number of Topliss-reactive ketones (excluding diaryl/α,β-unsaturated/α-hetero) is 1. The molecule has 3 heterocycles. The number of aryl methyl sites for hydroxylation is 1. The lowest BCUT2D eigenvalue weighted by atomic mass is 10.1. The third kappa shape index (κ3) is 4.77. The van der Waals surface area contributed by atoms with Gasteiger partial charge in [0, 0.05) is 43.1 Å². The molecule has 0 aliphatic carbocycles. The van der Waals surface area contributed by atoms with Gasteiger partial charge in [0.05, 0.1) is 9.21 Å². The number of carbonyl (C=O) groups is 1. The molecule has 4 rings (SSSR count). The number of thiophene rings is 1. The summed E-state index contributed by atoms with van der Waals surface area (Å²) in [6.45, 7) is 1.92. The summed E-state index contributed by atoms with van der Waals surface area (Å²) in [7, 11) is 0. The van der Waals surface area contributed by atoms with Crippen LogP contribution in [0.2, 0.25) is 4.34 Å². The third-order valence-electron chi connectivity index (χ3n) is 5.13. The minimum absolute atomic E-state index is 0.0560. The number of nitrogens with zero attached hydrogens (tertiary/aromatic N) is 2. The molecule has 1 aromatic carbocycles. The molecule has 0 saturated carbocycles. The lowest BCUT2D eigenvalue weighted by Crippen LogP contribution is -2.35. The molecule has 1 saturated heterocycles. The van der Waals surface area contributed by atoms with E-state index in [0.29, 0.717) is 33.7 Å². The molecule has 29 heavy (non-hydrogen) atoms. The van der Waals surface area contributed by atoms with Crippen LogP contribution in [0.15, 0.2) is 47.0 Å². The van der Waals surface area contributed by atoms with Gasteiger partial charge in [0.1, 0.15) is 17.3 Å². The first kappa shape index (κ1) is 19.9. The molecule has 3 aromatic rings. The molecule has 2 aromatic heterocycles. The molecule has 1 N–H and O–H groups in total. The van der Waals surface area contributed by atoms with Crippen LogP contribution in [0.5, 0.6) is 0 Å². The van der Waals surface area contributed by atoms with Crippen molar-refractivity contribution in [3.05, 3.63) is 63.0 Å². The standard InChI is InChI=1S/C22H22ClN3O2S/c23-21-11-10-20(29-21)19(27)9-8-17-14-18(25-28-17)15-4-6-16(7-5-15)22(24)26-12-2-1-3-13-26/h4-7,10-11,14,24H,1-3,8-9,12-13H2. The number of hydrogen-bond donors (Lipinski definition) is 1. The first-order chi connectivity index (χ1) is 14.1. The van der Waals surface area contributed by atoms with Gasteiger partial charge in [0.2, 0.25) is 0 Å². The Labute approximate surface area is 178 Å². The van der Waals surface area contributed by atoms with Gasteiger partial charge in [-0.2, -0.15) is 0 Å². The molecule has 0 spiro atoms. The average Bonchev–Trinajstić information content (AvgIpc) is 3.41. The van der Waals surface area contributed by atoms with Gasteiger partial charge in [-0.3, -0.25) is 10.2 Å². The van der Waals surface area contributed by atoms with Gasteiger partial charge in [0.25, 0.3) is 0 Å². The van der Waals surface area contributed by atoms with Crippen LogP contribution in [-0.4, -0.2) is 34.8 Å². The zero-order valence-electron chi connectivity index (χ0n) is 16.0. The molecule has 0 atom stereocenters. The lowest BCUT2D eigenvalue weighted by Gasteiger charge is -2.29. The van der Waals surface area contributed by atoms with Crippen LogP contribution in [0, 0.1) is 5.41 Å². The summed E-state index contributed by atoms with van der Waals surface area (Å²) in [5, 5.41) is 12.6. The highest BCUT2D eigenvalue weighted by molar-refractivity contribution is 7.18. The highest BCUT2D eigenvalue weighted by Gasteiger charge is 2.16. The van der Waals surface area contributed by atoms with E-state index in [2.05, 4.69) is 10.1 Å². The number of nitrogens with one attached hydrogen (secondary N) is 1. The van der Waals surface area contributed by atoms with Crippen molar-refractivity contribution in [1.29, 1.82) is 5.41 Å². The van der Waals surface area contributed by atoms with E-state index >= 15 is 0 Å². The van der Waals surface area contributed by atoms with Gasteiger partial charge in [-0.25, -0.2) is 0 Å². The summed E-state index contributed by atoms with van der Waals surface area (Å²) in [5.41, 5.74) is 2.59. The number of hydrogen-bond acceptors (Lipinski definition) is 5. The van der Waals surface area contributed by atoms with Gasteiger partial charge in [-0.15, -0.1) is 11.3 Å². The first-order valence-corrected chi connectivity index (χ1v) is 11.0. The van der Waals surface area contributed by atoms with Crippen molar-refractivity contribution in [2.75, 3.05) is 13.1 Å². The topological polar surface area (TPSA) is 70.2 Å². The van der Waals surface area contributed by atoms with Gasteiger partial charge in [-0.1, -0.05) is 41.0 Å². The first-order valence-electron chi connectivity index (χ1n) is 9.78. The van der Waals surface area contributed by atoms with Crippen LogP contribution in [0.1, 0.15) is 46.7 Å². The van der Waals surface area contributed by atoms with Crippen LogP contribution in [0.4, 0.5) is 0 Å². The Hall–Kier alpha value is -2.44. The normalized spacial score (nSPS) is 14.2. The van der Waals surface area contributed by atoms with Crippen LogP contribution in [0.25, 0.3) is 11.3 Å². The fourth-order valence-corrected chi connectivity index (χ4v) is 4.50. The minimum atomic E-state index is 0.0560. The number of piperidine rings is 1. The predicted molar refractivity (Wildman–Crippen MR) is 116 cm³/mol. The van der Waals surface area contributed by atoms with E-state index < -0.39 is 0 Å². The number of amidine groups is 1. The van der Waals surface area contributed by atoms with Crippen molar-refractivity contribution in [2.24, 2.45) is 0 Å². The summed E-state index contributed by atoms with van der Waals surface area (Å²) < 4.78 is 6.03. The maximum absolute atomic E-state index is 12.2. The van der Waals surface area contributed by atoms with Crippen LogP contribution < -0.4 is 0 Å². The molecule has 1 aliphatic rings. The number of aromatic nitrogens is 1. The van der Waals surface area contributed by atoms with Crippen LogP contribution >= 0.6 is 22.9 Å². The van der Waals surface area contributed by atoms with Crippen molar-refractivity contribution < 1.29 is 9.32 Å². The Kier molecular flexibility index (Phi) is 6.11. The van der Waals surface area contributed by atoms with Gasteiger partial charge in [0.15, 0.2) is 5.78 Å². The molecule has 150 valence electrons. The molecule has 0 bridgehead atoms. The minimum Gasteiger partial charge on any atom is -0.361 e. The monoisotopic (exact) mass is 427 g/mol. The zero-order chi connectivity index (χ0) is 20.2. The zero-order valence-corrected chi connectivity index (χ0v) is 17.6. The fraction of sp³-hybridized carbons (Fsp3) is 0.318. The largest absolute Gasteiger partial charge is 0.361 e. The molecule has 1 aliphatic heterocycles. The molecular formula is C22H22ClN3O2S. The van der Waals surface area contributed by atoms with Crippen molar-refractivity contribution in [1.82, 2.24) is 10.1 Å². The SMILES string of the molecule is N=C(c1ccc(-c2cc(CCC(=O)c3ccc(Cl)s3)on2)cc1)N1CCCCC1. The second-order valence-electron chi connectivity index (χ2n) is 7.18. The molecule has 7 heteroatoms. The number of likely N-dealkylation sites (tertiary alicyclic amines) is 1. The predicted octanol–water partition coefficient (Wildman–Crippen LogP) is 5.68. The van der Waals surface area contributed by atoms with Crippen molar-refractivity contribution in [2.45, 2.75) is 32.1 Å². The maximum Gasteiger partial charge on any atom is 0.173 e. The molecule has 0 amide bonds. The van der Waals surface area contributed by atoms with E-state index in [1.54, 1.807) is 12.1 Å². The fourth-order valence-electron chi connectivity index (χ4n) is 3.49. The van der Waals surface area contributed by atoms with E-state index in [1.165, 1.54) is 17.8 Å². The highest BCUT2D eigenvalue weighted by atomic mass is 35.5. The van der Waals surface area contributed by atoms with E-state index in [0.717, 1.165) is 42.8 Å². The van der Waals surface area contributed by atoms with E-state index in [1.807, 2.05) is 30.3 Å². The second kappa shape index (κ2) is 8.93. The van der Waals surface area contributed by atoms with E-state index in [-0.39, 0.29) is 5.78 Å². The average molecular weight is 428 g/mol.